The van der Waals surface area contributed by atoms with E-state index < -0.39 is 11.4 Å². The van der Waals surface area contributed by atoms with Crippen LogP contribution in [0.5, 0.6) is 0 Å². The van der Waals surface area contributed by atoms with Gasteiger partial charge in [-0.1, -0.05) is 20.8 Å². The summed E-state index contributed by atoms with van der Waals surface area (Å²) >= 11 is 1.42. The number of nitrogens with zero attached hydrogens (tertiary/aromatic N) is 2. The number of hydrogen-bond donors (Lipinski definition) is 1. The zero-order valence-electron chi connectivity index (χ0n) is 13.2. The van der Waals surface area contributed by atoms with Crippen molar-refractivity contribution in [2.24, 2.45) is 5.41 Å². The molecule has 1 amide bonds. The van der Waals surface area contributed by atoms with Crippen molar-refractivity contribution in [3.05, 3.63) is 15.6 Å². The van der Waals surface area contributed by atoms with Crippen LogP contribution in [-0.4, -0.2) is 40.0 Å². The minimum Gasteiger partial charge on any atom is -0.481 e. The highest BCUT2D eigenvalue weighted by Crippen LogP contribution is 2.34. The van der Waals surface area contributed by atoms with Gasteiger partial charge in [-0.15, -0.1) is 11.3 Å². The lowest BCUT2D eigenvalue weighted by Crippen LogP contribution is -2.34. The lowest BCUT2D eigenvalue weighted by Gasteiger charge is -2.19. The maximum atomic E-state index is 12.6. The van der Waals surface area contributed by atoms with Crippen LogP contribution in [0.2, 0.25) is 0 Å². The normalized spacial score (nSPS) is 22.6. The predicted molar refractivity (Wildman–Crippen MR) is 81.8 cm³/mol. The van der Waals surface area contributed by atoms with Crippen molar-refractivity contribution in [1.82, 2.24) is 9.88 Å². The highest BCUT2D eigenvalue weighted by Gasteiger charge is 2.43. The molecule has 0 spiro atoms. The highest BCUT2D eigenvalue weighted by atomic mass is 32.1. The SMILES string of the molecule is Cc1nc(C(C)(C)C)sc1C(=O)N1CCC(C)(C(=O)O)C1. The number of carbonyl (C=O) groups is 2. The molecule has 5 nitrogen and oxygen atoms in total. The van der Waals surface area contributed by atoms with E-state index in [1.165, 1.54) is 11.3 Å². The molecule has 1 aromatic heterocycles. The van der Waals surface area contributed by atoms with Crippen LogP contribution < -0.4 is 0 Å². The number of aliphatic carboxylic acids is 1. The fourth-order valence-electron chi connectivity index (χ4n) is 2.37. The van der Waals surface area contributed by atoms with Gasteiger partial charge in [-0.25, -0.2) is 4.98 Å². The molecule has 6 heteroatoms. The molecule has 0 bridgehead atoms. The second-order valence-electron chi connectivity index (χ2n) is 7.03. The summed E-state index contributed by atoms with van der Waals surface area (Å²) in [5.41, 5.74) is -0.186. The first-order chi connectivity index (χ1) is 9.54. The predicted octanol–water partition coefficient (Wildman–Crippen LogP) is 2.69. The molecule has 1 unspecified atom stereocenters. The van der Waals surface area contributed by atoms with E-state index in [-0.39, 0.29) is 17.9 Å². The van der Waals surface area contributed by atoms with E-state index in [0.717, 1.165) is 10.7 Å². The van der Waals surface area contributed by atoms with Gasteiger partial charge < -0.3 is 10.0 Å². The van der Waals surface area contributed by atoms with Crippen molar-refractivity contribution >= 4 is 23.2 Å². The Morgan fingerprint density at radius 2 is 2.00 bits per heavy atom. The fraction of sp³-hybridized carbons (Fsp3) is 0.667. The van der Waals surface area contributed by atoms with E-state index >= 15 is 0 Å². The Morgan fingerprint density at radius 3 is 2.43 bits per heavy atom. The first kappa shape index (κ1) is 15.9. The third kappa shape index (κ3) is 2.95. The van der Waals surface area contributed by atoms with Gasteiger partial charge in [0.15, 0.2) is 0 Å². The summed E-state index contributed by atoms with van der Waals surface area (Å²) in [5, 5.41) is 10.2. The number of carboxylic acid groups (broad SMARTS) is 1. The Hall–Kier alpha value is -1.43. The molecule has 2 heterocycles. The van der Waals surface area contributed by atoms with Gasteiger partial charge in [0, 0.05) is 18.5 Å². The van der Waals surface area contributed by atoms with E-state index in [9.17, 15) is 14.7 Å². The molecule has 1 aromatic rings. The number of aryl methyl sites for hydroxylation is 1. The van der Waals surface area contributed by atoms with E-state index in [4.69, 9.17) is 0 Å². The molecule has 21 heavy (non-hydrogen) atoms. The second kappa shape index (κ2) is 5.09. The van der Waals surface area contributed by atoms with Gasteiger partial charge in [0.1, 0.15) is 4.88 Å². The minimum atomic E-state index is -0.839. The number of carbonyl (C=O) groups excluding carboxylic acids is 1. The molecular formula is C15H22N2O3S. The standard InChI is InChI=1S/C15H22N2O3S/c1-9-10(21-12(16-9)14(2,3)4)11(18)17-7-6-15(5,8-17)13(19)20/h6-8H2,1-5H3,(H,19,20). The third-order valence-corrected chi connectivity index (χ3v) is 5.48. The Morgan fingerprint density at radius 1 is 1.38 bits per heavy atom. The van der Waals surface area contributed by atoms with E-state index in [0.29, 0.717) is 17.8 Å². The maximum absolute atomic E-state index is 12.6. The van der Waals surface area contributed by atoms with Crippen LogP contribution in [0.1, 0.15) is 54.5 Å². The van der Waals surface area contributed by atoms with Crippen molar-refractivity contribution in [2.75, 3.05) is 13.1 Å². The van der Waals surface area contributed by atoms with E-state index in [1.807, 2.05) is 6.92 Å². The monoisotopic (exact) mass is 310 g/mol. The number of aromatic nitrogens is 1. The average Bonchev–Trinajstić information content (AvgIpc) is 2.92. The van der Waals surface area contributed by atoms with Crippen LogP contribution in [0, 0.1) is 12.3 Å². The molecule has 1 atom stereocenters. The van der Waals surface area contributed by atoms with Gasteiger partial charge in [0.05, 0.1) is 16.1 Å². The number of hydrogen-bond acceptors (Lipinski definition) is 4. The Labute approximate surface area is 129 Å². The Bertz CT molecular complexity index is 588. The molecule has 0 aliphatic carbocycles. The zero-order chi connectivity index (χ0) is 16.0. The minimum absolute atomic E-state index is 0.0887. The van der Waals surface area contributed by atoms with Crippen molar-refractivity contribution in [1.29, 1.82) is 0 Å². The van der Waals surface area contributed by atoms with E-state index in [2.05, 4.69) is 25.8 Å². The van der Waals surface area contributed by atoms with Gasteiger partial charge in [-0.05, 0) is 20.3 Å². The van der Waals surface area contributed by atoms with Gasteiger partial charge in [-0.3, -0.25) is 9.59 Å². The maximum Gasteiger partial charge on any atom is 0.311 e. The fourth-order valence-corrected chi connectivity index (χ4v) is 3.46. The zero-order valence-corrected chi connectivity index (χ0v) is 14.0. The lowest BCUT2D eigenvalue weighted by atomic mass is 9.90. The molecule has 116 valence electrons. The molecule has 1 aliphatic heterocycles. The number of thiazole rings is 1. The molecule has 1 N–H and O–H groups in total. The van der Waals surface area contributed by atoms with Crippen molar-refractivity contribution in [2.45, 2.75) is 46.5 Å². The summed E-state index contributed by atoms with van der Waals surface area (Å²) in [6, 6.07) is 0. The quantitative estimate of drug-likeness (QED) is 0.911. The largest absolute Gasteiger partial charge is 0.481 e. The molecule has 2 rings (SSSR count). The van der Waals surface area contributed by atoms with Crippen LogP contribution in [0.25, 0.3) is 0 Å². The first-order valence-corrected chi connectivity index (χ1v) is 7.87. The lowest BCUT2D eigenvalue weighted by molar-refractivity contribution is -0.147. The third-order valence-electron chi connectivity index (χ3n) is 3.91. The highest BCUT2D eigenvalue weighted by molar-refractivity contribution is 7.14. The number of carboxylic acids is 1. The van der Waals surface area contributed by atoms with Crippen molar-refractivity contribution in [3.8, 4) is 0 Å². The van der Waals surface area contributed by atoms with Crippen molar-refractivity contribution < 1.29 is 14.7 Å². The molecule has 1 fully saturated rings. The molecular weight excluding hydrogens is 288 g/mol. The average molecular weight is 310 g/mol. The summed E-state index contributed by atoms with van der Waals surface area (Å²) in [6.45, 7) is 10.5. The molecule has 0 radical (unpaired) electrons. The van der Waals surface area contributed by atoms with Gasteiger partial charge >= 0.3 is 5.97 Å². The molecule has 0 saturated carbocycles. The van der Waals surface area contributed by atoms with Gasteiger partial charge in [0.25, 0.3) is 5.91 Å². The van der Waals surface area contributed by atoms with Crippen LogP contribution in [0.4, 0.5) is 0 Å². The Kier molecular flexibility index (Phi) is 3.86. The summed E-state index contributed by atoms with van der Waals surface area (Å²) < 4.78 is 0. The smallest absolute Gasteiger partial charge is 0.311 e. The summed E-state index contributed by atoms with van der Waals surface area (Å²) in [4.78, 5) is 30.7. The molecule has 0 aromatic carbocycles. The number of rotatable bonds is 2. The van der Waals surface area contributed by atoms with Gasteiger partial charge in [0.2, 0.25) is 0 Å². The number of likely N-dealkylation sites (tertiary alicyclic amines) is 1. The first-order valence-electron chi connectivity index (χ1n) is 7.05. The van der Waals surface area contributed by atoms with Crippen LogP contribution in [0.3, 0.4) is 0 Å². The van der Waals surface area contributed by atoms with E-state index in [1.54, 1.807) is 11.8 Å². The topological polar surface area (TPSA) is 70.5 Å². The van der Waals surface area contributed by atoms with Crippen LogP contribution in [-0.2, 0) is 10.2 Å². The second-order valence-corrected chi connectivity index (χ2v) is 8.03. The van der Waals surface area contributed by atoms with Crippen molar-refractivity contribution in [3.63, 3.8) is 0 Å². The Balaban J connectivity index is 2.23. The van der Waals surface area contributed by atoms with Gasteiger partial charge in [-0.2, -0.15) is 0 Å². The summed E-state index contributed by atoms with van der Waals surface area (Å²) in [6.07, 6.45) is 0.498. The summed E-state index contributed by atoms with van der Waals surface area (Å²) in [7, 11) is 0. The van der Waals surface area contributed by atoms with Crippen LogP contribution in [0.15, 0.2) is 0 Å². The van der Waals surface area contributed by atoms with Crippen LogP contribution >= 0.6 is 11.3 Å². The number of amides is 1. The molecule has 1 saturated heterocycles. The summed E-state index contributed by atoms with van der Waals surface area (Å²) in [5.74, 6) is -0.931. The molecule has 1 aliphatic rings.